The van der Waals surface area contributed by atoms with E-state index in [1.165, 1.54) is 12.1 Å². The lowest BCUT2D eigenvalue weighted by atomic mass is 10.2. The van der Waals surface area contributed by atoms with E-state index in [1.807, 2.05) is 19.9 Å². The summed E-state index contributed by atoms with van der Waals surface area (Å²) < 4.78 is 7.17. The molecule has 1 aromatic carbocycles. The molecular formula is C16H19N5O5. The molecule has 1 heterocycles. The van der Waals surface area contributed by atoms with Crippen LogP contribution in [-0.4, -0.2) is 34.3 Å². The molecule has 0 unspecified atom stereocenters. The van der Waals surface area contributed by atoms with Gasteiger partial charge < -0.3 is 9.30 Å². The number of hydrogen-bond acceptors (Lipinski definition) is 7. The number of nitrogens with one attached hydrogen (secondary N) is 1. The first-order valence-electron chi connectivity index (χ1n) is 7.72. The van der Waals surface area contributed by atoms with E-state index in [1.54, 1.807) is 13.3 Å². The van der Waals surface area contributed by atoms with Gasteiger partial charge in [-0.3, -0.25) is 25.7 Å². The number of anilines is 1. The van der Waals surface area contributed by atoms with Crippen LogP contribution in [0.5, 0.6) is 0 Å². The second kappa shape index (κ2) is 8.21. The number of non-ortho nitro benzene ring substituents is 1. The van der Waals surface area contributed by atoms with E-state index >= 15 is 0 Å². The van der Waals surface area contributed by atoms with Crippen LogP contribution in [0.1, 0.15) is 17.0 Å². The van der Waals surface area contributed by atoms with Gasteiger partial charge in [0.25, 0.3) is 5.69 Å². The Hall–Kier alpha value is -3.27. The van der Waals surface area contributed by atoms with E-state index in [0.717, 1.165) is 23.0 Å². The molecule has 0 saturated carbocycles. The van der Waals surface area contributed by atoms with E-state index in [4.69, 9.17) is 4.74 Å². The molecule has 0 bridgehead atoms. The maximum absolute atomic E-state index is 11.1. The van der Waals surface area contributed by atoms with Crippen molar-refractivity contribution in [1.82, 2.24) is 4.57 Å². The molecule has 2 rings (SSSR count). The number of hydrogen-bond donors (Lipinski definition) is 1. The first-order valence-corrected chi connectivity index (χ1v) is 7.72. The van der Waals surface area contributed by atoms with Crippen molar-refractivity contribution in [3.05, 3.63) is 61.4 Å². The Labute approximate surface area is 149 Å². The minimum absolute atomic E-state index is 0.0741. The lowest BCUT2D eigenvalue weighted by Gasteiger charge is -2.08. The second-order valence-electron chi connectivity index (χ2n) is 5.56. The summed E-state index contributed by atoms with van der Waals surface area (Å²) in [6, 6.07) is 5.28. The highest BCUT2D eigenvalue weighted by Crippen LogP contribution is 2.28. The molecule has 2 aromatic rings. The number of nitro benzene ring substituents is 2. The summed E-state index contributed by atoms with van der Waals surface area (Å²) in [5.74, 6) is 0. The molecule has 0 fully saturated rings. The van der Waals surface area contributed by atoms with Gasteiger partial charge in [0.1, 0.15) is 5.69 Å². The van der Waals surface area contributed by atoms with Crippen molar-refractivity contribution >= 4 is 23.3 Å². The minimum Gasteiger partial charge on any atom is -0.383 e. The number of methoxy groups -OCH3 is 1. The Kier molecular flexibility index (Phi) is 6.02. The summed E-state index contributed by atoms with van der Waals surface area (Å²) in [7, 11) is 1.64. The van der Waals surface area contributed by atoms with Gasteiger partial charge in [-0.25, -0.2) is 0 Å². The van der Waals surface area contributed by atoms with Crippen molar-refractivity contribution in [2.24, 2.45) is 5.10 Å². The van der Waals surface area contributed by atoms with E-state index in [0.29, 0.717) is 13.2 Å². The lowest BCUT2D eigenvalue weighted by molar-refractivity contribution is -0.393. The summed E-state index contributed by atoms with van der Waals surface area (Å²) in [6.45, 7) is 5.20. The average molecular weight is 361 g/mol. The van der Waals surface area contributed by atoms with Crippen LogP contribution in [0.3, 0.4) is 0 Å². The van der Waals surface area contributed by atoms with Crippen LogP contribution >= 0.6 is 0 Å². The van der Waals surface area contributed by atoms with E-state index < -0.39 is 15.5 Å². The maximum atomic E-state index is 11.1. The van der Waals surface area contributed by atoms with Gasteiger partial charge >= 0.3 is 5.69 Å². The third kappa shape index (κ3) is 4.22. The third-order valence-corrected chi connectivity index (χ3v) is 3.91. The van der Waals surface area contributed by atoms with Crippen molar-refractivity contribution in [1.29, 1.82) is 0 Å². The number of nitrogens with zero attached hydrogens (tertiary/aromatic N) is 4. The molecule has 1 aromatic heterocycles. The first kappa shape index (κ1) is 19.1. The van der Waals surface area contributed by atoms with Crippen LogP contribution in [-0.2, 0) is 11.3 Å². The second-order valence-corrected chi connectivity index (χ2v) is 5.56. The molecule has 0 aliphatic heterocycles. The molecule has 10 heteroatoms. The molecule has 0 amide bonds. The lowest BCUT2D eigenvalue weighted by Crippen LogP contribution is -2.07. The van der Waals surface area contributed by atoms with Crippen LogP contribution < -0.4 is 5.43 Å². The minimum atomic E-state index is -0.693. The summed E-state index contributed by atoms with van der Waals surface area (Å²) >= 11 is 0. The summed E-state index contributed by atoms with van der Waals surface area (Å²) in [4.78, 5) is 20.5. The number of nitro groups is 2. The smallest absolute Gasteiger partial charge is 0.301 e. The van der Waals surface area contributed by atoms with Gasteiger partial charge in [0.05, 0.1) is 28.7 Å². The van der Waals surface area contributed by atoms with Gasteiger partial charge in [0, 0.05) is 36.7 Å². The molecule has 138 valence electrons. The molecule has 10 nitrogen and oxygen atoms in total. The van der Waals surface area contributed by atoms with Gasteiger partial charge in [-0.05, 0) is 26.0 Å². The van der Waals surface area contributed by atoms with Crippen molar-refractivity contribution < 1.29 is 14.6 Å². The zero-order valence-electron chi connectivity index (χ0n) is 14.6. The van der Waals surface area contributed by atoms with E-state index in [2.05, 4.69) is 15.1 Å². The molecular weight excluding hydrogens is 342 g/mol. The van der Waals surface area contributed by atoms with Crippen LogP contribution in [0.4, 0.5) is 17.1 Å². The fourth-order valence-corrected chi connectivity index (χ4v) is 2.54. The van der Waals surface area contributed by atoms with E-state index in [9.17, 15) is 20.2 Å². The standard InChI is InChI=1S/C16H19N5O5/c1-11-8-13(12(2)19(11)6-7-26-3)10-17-18-15-5-4-14(20(22)23)9-16(15)21(24)25/h4-5,8-10,18H,6-7H2,1-3H3/b17-10+. The summed E-state index contributed by atoms with van der Waals surface area (Å²) in [5, 5.41) is 25.9. The largest absolute Gasteiger partial charge is 0.383 e. The molecule has 0 radical (unpaired) electrons. The molecule has 0 aliphatic carbocycles. The molecule has 26 heavy (non-hydrogen) atoms. The SMILES string of the molecule is COCCn1c(C)cc(/C=N/Nc2ccc([N+](=O)[O-])cc2[N+](=O)[O-])c1C. The van der Waals surface area contributed by atoms with E-state index in [-0.39, 0.29) is 11.4 Å². The molecule has 1 N–H and O–H groups in total. The summed E-state index contributed by atoms with van der Waals surface area (Å²) in [6.07, 6.45) is 1.55. The number of benzene rings is 1. The Morgan fingerprint density at radius 1 is 1.23 bits per heavy atom. The number of ether oxygens (including phenoxy) is 1. The van der Waals surface area contributed by atoms with Crippen LogP contribution in [0, 0.1) is 34.1 Å². The predicted molar refractivity (Wildman–Crippen MR) is 96.7 cm³/mol. The van der Waals surface area contributed by atoms with Crippen LogP contribution in [0.15, 0.2) is 29.4 Å². The number of aryl methyl sites for hydroxylation is 1. The number of rotatable bonds is 8. The summed E-state index contributed by atoms with van der Waals surface area (Å²) in [5.41, 5.74) is 4.78. The molecule has 0 spiro atoms. The molecule has 0 aliphatic rings. The Bertz CT molecular complexity index is 859. The Morgan fingerprint density at radius 3 is 2.58 bits per heavy atom. The quantitative estimate of drug-likeness (QED) is 0.438. The van der Waals surface area contributed by atoms with Gasteiger partial charge in [0.2, 0.25) is 0 Å². The van der Waals surface area contributed by atoms with Crippen molar-refractivity contribution in [3.8, 4) is 0 Å². The zero-order valence-corrected chi connectivity index (χ0v) is 14.6. The van der Waals surface area contributed by atoms with Gasteiger partial charge in [0.15, 0.2) is 0 Å². The fourth-order valence-electron chi connectivity index (χ4n) is 2.54. The predicted octanol–water partition coefficient (Wildman–Crippen LogP) is 3.01. The Morgan fingerprint density at radius 2 is 1.96 bits per heavy atom. The topological polar surface area (TPSA) is 125 Å². The first-order chi connectivity index (χ1) is 12.3. The monoisotopic (exact) mass is 361 g/mol. The van der Waals surface area contributed by atoms with Gasteiger partial charge in [-0.1, -0.05) is 0 Å². The molecule has 0 saturated heterocycles. The maximum Gasteiger partial charge on any atom is 0.301 e. The number of aromatic nitrogens is 1. The molecule has 0 atom stereocenters. The van der Waals surface area contributed by atoms with Crippen LogP contribution in [0.25, 0.3) is 0 Å². The Balaban J connectivity index is 2.21. The van der Waals surface area contributed by atoms with Crippen molar-refractivity contribution in [2.75, 3.05) is 19.1 Å². The number of hydrazone groups is 1. The normalized spacial score (nSPS) is 11.0. The van der Waals surface area contributed by atoms with Crippen molar-refractivity contribution in [3.63, 3.8) is 0 Å². The van der Waals surface area contributed by atoms with Crippen LogP contribution in [0.2, 0.25) is 0 Å². The highest BCUT2D eigenvalue weighted by Gasteiger charge is 2.19. The highest BCUT2D eigenvalue weighted by atomic mass is 16.6. The third-order valence-electron chi connectivity index (χ3n) is 3.91. The van der Waals surface area contributed by atoms with Crippen molar-refractivity contribution in [2.45, 2.75) is 20.4 Å². The average Bonchev–Trinajstić information content (AvgIpc) is 2.86. The fraction of sp³-hybridized carbons (Fsp3) is 0.312. The highest BCUT2D eigenvalue weighted by molar-refractivity contribution is 5.82. The van der Waals surface area contributed by atoms with Gasteiger partial charge in [-0.2, -0.15) is 5.10 Å². The van der Waals surface area contributed by atoms with Gasteiger partial charge in [-0.15, -0.1) is 0 Å². The zero-order chi connectivity index (χ0) is 19.3.